The molecule has 0 atom stereocenters. The molecule has 0 bridgehead atoms. The average molecular weight is 498 g/mol. The van der Waals surface area contributed by atoms with Crippen LogP contribution in [-0.2, 0) is 10.0 Å². The van der Waals surface area contributed by atoms with Gasteiger partial charge in [0.2, 0.25) is 10.0 Å². The Kier molecular flexibility index (Phi) is 6.13. The molecule has 3 rings (SSSR count). The smallest absolute Gasteiger partial charge is 0.256 e. The van der Waals surface area contributed by atoms with Crippen LogP contribution in [0, 0.1) is 6.92 Å². The van der Waals surface area contributed by atoms with Gasteiger partial charge in [-0.05, 0) is 59.3 Å². The predicted octanol–water partition coefficient (Wildman–Crippen LogP) is 4.10. The normalized spacial score (nSPS) is 11.7. The predicted molar refractivity (Wildman–Crippen MR) is 116 cm³/mol. The average Bonchev–Trinajstić information content (AvgIpc) is 3.02. The van der Waals surface area contributed by atoms with Gasteiger partial charge in [0.25, 0.3) is 5.91 Å². The van der Waals surface area contributed by atoms with E-state index in [1.54, 1.807) is 41.9 Å². The number of amides is 1. The Hall–Kier alpha value is -2.20. The summed E-state index contributed by atoms with van der Waals surface area (Å²) in [6.45, 7) is 1.80. The summed E-state index contributed by atoms with van der Waals surface area (Å²) in [5.74, 6) is -0.0226. The Labute approximate surface area is 182 Å². The molecule has 0 saturated carbocycles. The van der Waals surface area contributed by atoms with Crippen LogP contribution in [0.5, 0.6) is 0 Å². The minimum atomic E-state index is -3.71. The summed E-state index contributed by atoms with van der Waals surface area (Å²) in [6.07, 6.45) is 0. The van der Waals surface area contributed by atoms with E-state index in [0.29, 0.717) is 26.7 Å². The molecule has 1 aromatic heterocycles. The van der Waals surface area contributed by atoms with Gasteiger partial charge in [-0.3, -0.25) is 4.79 Å². The fraction of sp³-hybridized carbons (Fsp3) is 0.158. The Morgan fingerprint density at radius 2 is 1.90 bits per heavy atom. The van der Waals surface area contributed by atoms with Crippen molar-refractivity contribution in [2.45, 2.75) is 11.8 Å². The van der Waals surface area contributed by atoms with Crippen molar-refractivity contribution in [2.24, 2.45) is 0 Å². The van der Waals surface area contributed by atoms with Crippen molar-refractivity contribution >= 4 is 49.3 Å². The van der Waals surface area contributed by atoms with Crippen LogP contribution in [0.3, 0.4) is 0 Å². The van der Waals surface area contributed by atoms with Crippen molar-refractivity contribution in [3.05, 3.63) is 69.3 Å². The molecular formula is C19H18BrClN4O3S. The Morgan fingerprint density at radius 1 is 1.17 bits per heavy atom. The highest BCUT2D eigenvalue weighted by atomic mass is 79.9. The molecule has 1 heterocycles. The third-order valence-electron chi connectivity index (χ3n) is 4.08. The van der Waals surface area contributed by atoms with Crippen molar-refractivity contribution < 1.29 is 13.2 Å². The number of aromatic nitrogens is 2. The summed E-state index contributed by atoms with van der Waals surface area (Å²) >= 11 is 9.30. The highest BCUT2D eigenvalue weighted by Crippen LogP contribution is 2.26. The Morgan fingerprint density at radius 3 is 2.55 bits per heavy atom. The third-order valence-corrected chi connectivity index (χ3v) is 7.12. The molecule has 0 spiro atoms. The first-order valence-corrected chi connectivity index (χ1v) is 11.1. The van der Waals surface area contributed by atoms with Gasteiger partial charge < -0.3 is 5.32 Å². The maximum Gasteiger partial charge on any atom is 0.256 e. The van der Waals surface area contributed by atoms with Gasteiger partial charge >= 0.3 is 0 Å². The highest BCUT2D eigenvalue weighted by molar-refractivity contribution is 9.10. The first-order chi connectivity index (χ1) is 13.6. The van der Waals surface area contributed by atoms with E-state index in [-0.39, 0.29) is 10.5 Å². The summed E-state index contributed by atoms with van der Waals surface area (Å²) in [6, 6.07) is 13.2. The van der Waals surface area contributed by atoms with Gasteiger partial charge in [-0.2, -0.15) is 5.10 Å². The van der Waals surface area contributed by atoms with Crippen LogP contribution in [0.15, 0.2) is 57.9 Å². The fourth-order valence-electron chi connectivity index (χ4n) is 2.62. The summed E-state index contributed by atoms with van der Waals surface area (Å²) in [5, 5.41) is 7.72. The first-order valence-electron chi connectivity index (χ1n) is 8.45. The number of benzene rings is 2. The van der Waals surface area contributed by atoms with Gasteiger partial charge in [0.05, 0.1) is 16.3 Å². The second-order valence-electron chi connectivity index (χ2n) is 6.45. The van der Waals surface area contributed by atoms with E-state index in [9.17, 15) is 13.2 Å². The van der Waals surface area contributed by atoms with Crippen LogP contribution in [0.2, 0.25) is 5.02 Å². The van der Waals surface area contributed by atoms with Gasteiger partial charge in [0.15, 0.2) is 0 Å². The molecule has 0 unspecified atom stereocenters. The fourth-order valence-corrected chi connectivity index (χ4v) is 4.65. The minimum Gasteiger partial charge on any atom is -0.306 e. The summed E-state index contributed by atoms with van der Waals surface area (Å²) in [5.41, 5.74) is 1.59. The number of carbonyl (C=O) groups excluding carboxylic acids is 1. The van der Waals surface area contributed by atoms with E-state index >= 15 is 0 Å². The molecule has 2 aromatic carbocycles. The molecule has 0 saturated heterocycles. The van der Waals surface area contributed by atoms with Gasteiger partial charge in [-0.25, -0.2) is 17.4 Å². The van der Waals surface area contributed by atoms with E-state index in [1.165, 1.54) is 26.2 Å². The number of nitrogens with one attached hydrogen (secondary N) is 1. The molecule has 152 valence electrons. The molecular weight excluding hydrogens is 480 g/mol. The lowest BCUT2D eigenvalue weighted by Gasteiger charge is -2.14. The standard InChI is InChI=1S/C19H18BrClN4O3S/c1-12-9-18(25(23-12)15-6-4-5-14(21)11-15)22-19(26)13-7-8-16(20)17(10-13)29(27,28)24(2)3/h4-11H,1-3H3,(H,22,26). The zero-order valence-corrected chi connectivity index (χ0v) is 19.0. The van der Waals surface area contributed by atoms with E-state index in [0.717, 1.165) is 4.31 Å². The molecule has 0 aliphatic rings. The molecule has 0 radical (unpaired) electrons. The van der Waals surface area contributed by atoms with Crippen LogP contribution >= 0.6 is 27.5 Å². The van der Waals surface area contributed by atoms with Crippen molar-refractivity contribution in [3.63, 3.8) is 0 Å². The van der Waals surface area contributed by atoms with E-state index in [1.807, 2.05) is 6.07 Å². The van der Waals surface area contributed by atoms with Crippen molar-refractivity contribution in [2.75, 3.05) is 19.4 Å². The SMILES string of the molecule is Cc1cc(NC(=O)c2ccc(Br)c(S(=O)(=O)N(C)C)c2)n(-c2cccc(Cl)c2)n1. The maximum atomic E-state index is 12.8. The van der Waals surface area contributed by atoms with Crippen LogP contribution in [-0.4, -0.2) is 42.5 Å². The van der Waals surface area contributed by atoms with Crippen LogP contribution in [0.25, 0.3) is 5.69 Å². The topological polar surface area (TPSA) is 84.3 Å². The first kappa shape index (κ1) is 21.5. The number of halogens is 2. The van der Waals surface area contributed by atoms with E-state index in [4.69, 9.17) is 11.6 Å². The van der Waals surface area contributed by atoms with Gasteiger partial charge in [0.1, 0.15) is 5.82 Å². The highest BCUT2D eigenvalue weighted by Gasteiger charge is 2.22. The van der Waals surface area contributed by atoms with E-state index < -0.39 is 15.9 Å². The van der Waals surface area contributed by atoms with Crippen molar-refractivity contribution in [1.82, 2.24) is 14.1 Å². The molecule has 0 aliphatic carbocycles. The zero-order chi connectivity index (χ0) is 21.3. The van der Waals surface area contributed by atoms with Crippen LogP contribution in [0.1, 0.15) is 16.1 Å². The molecule has 0 fully saturated rings. The molecule has 0 aliphatic heterocycles. The number of anilines is 1. The number of hydrogen-bond donors (Lipinski definition) is 1. The largest absolute Gasteiger partial charge is 0.306 e. The molecule has 10 heteroatoms. The molecule has 3 aromatic rings. The zero-order valence-electron chi connectivity index (χ0n) is 15.8. The minimum absolute atomic E-state index is 0.00896. The van der Waals surface area contributed by atoms with Crippen molar-refractivity contribution in [1.29, 1.82) is 0 Å². The molecule has 1 N–H and O–H groups in total. The lowest BCUT2D eigenvalue weighted by Crippen LogP contribution is -2.23. The quantitative estimate of drug-likeness (QED) is 0.575. The molecule has 1 amide bonds. The Bertz CT molecular complexity index is 1190. The van der Waals surface area contributed by atoms with E-state index in [2.05, 4.69) is 26.3 Å². The number of carbonyl (C=O) groups is 1. The molecule has 7 nitrogen and oxygen atoms in total. The van der Waals surface area contributed by atoms with Gasteiger partial charge in [0, 0.05) is 35.2 Å². The molecule has 29 heavy (non-hydrogen) atoms. The summed E-state index contributed by atoms with van der Waals surface area (Å²) < 4.78 is 28.0. The second-order valence-corrected chi connectivity index (χ2v) is 9.86. The summed E-state index contributed by atoms with van der Waals surface area (Å²) in [4.78, 5) is 12.8. The lowest BCUT2D eigenvalue weighted by molar-refractivity contribution is 0.102. The van der Waals surface area contributed by atoms with Gasteiger partial charge in [-0.1, -0.05) is 17.7 Å². The number of sulfonamides is 1. The maximum absolute atomic E-state index is 12.8. The Balaban J connectivity index is 1.97. The second kappa shape index (κ2) is 8.27. The van der Waals surface area contributed by atoms with Crippen LogP contribution in [0.4, 0.5) is 5.82 Å². The summed E-state index contributed by atoms with van der Waals surface area (Å²) in [7, 11) is -0.851. The lowest BCUT2D eigenvalue weighted by atomic mass is 10.2. The van der Waals surface area contributed by atoms with Crippen molar-refractivity contribution in [3.8, 4) is 5.69 Å². The van der Waals surface area contributed by atoms with Crippen LogP contribution < -0.4 is 5.32 Å². The number of aryl methyl sites for hydroxylation is 1. The monoisotopic (exact) mass is 496 g/mol. The number of rotatable bonds is 5. The number of hydrogen-bond acceptors (Lipinski definition) is 4. The number of nitrogens with zero attached hydrogens (tertiary/aromatic N) is 3. The third kappa shape index (κ3) is 4.53. The van der Waals surface area contributed by atoms with Gasteiger partial charge in [-0.15, -0.1) is 0 Å².